The molecule has 1 aliphatic carbocycles. The molecule has 2 rings (SSSR count). The molecule has 0 aromatic heterocycles. The molecule has 0 spiro atoms. The number of rotatable bonds is 6. The second-order valence-electron chi connectivity index (χ2n) is 6.19. The average Bonchev–Trinajstić information content (AvgIpc) is 2.93. The molecule has 0 radical (unpaired) electrons. The number of benzene rings is 1. The van der Waals surface area contributed by atoms with Gasteiger partial charge in [0.1, 0.15) is 0 Å². The zero-order valence-corrected chi connectivity index (χ0v) is 13.5. The zero-order valence-electron chi connectivity index (χ0n) is 12.7. The summed E-state index contributed by atoms with van der Waals surface area (Å²) in [6.45, 7) is 9.63. The van der Waals surface area contributed by atoms with Crippen molar-refractivity contribution in [1.82, 2.24) is 10.0 Å². The van der Waals surface area contributed by atoms with Crippen molar-refractivity contribution in [1.29, 1.82) is 0 Å². The summed E-state index contributed by atoms with van der Waals surface area (Å²) in [6, 6.07) is 5.52. The minimum atomic E-state index is -3.42. The van der Waals surface area contributed by atoms with Crippen LogP contribution >= 0.6 is 0 Å². The second kappa shape index (κ2) is 5.47. The Kier molecular flexibility index (Phi) is 4.23. The third-order valence-corrected chi connectivity index (χ3v) is 5.68. The quantitative estimate of drug-likeness (QED) is 0.846. The molecule has 0 saturated heterocycles. The first-order valence-corrected chi connectivity index (χ1v) is 8.58. The van der Waals surface area contributed by atoms with Gasteiger partial charge < -0.3 is 5.32 Å². The summed E-state index contributed by atoms with van der Waals surface area (Å²) in [5.74, 6) is 0. The molecule has 2 N–H and O–H groups in total. The van der Waals surface area contributed by atoms with Crippen molar-refractivity contribution < 1.29 is 8.42 Å². The van der Waals surface area contributed by atoms with Crippen LogP contribution in [-0.4, -0.2) is 21.0 Å². The van der Waals surface area contributed by atoms with Crippen LogP contribution in [0, 0.1) is 12.3 Å². The summed E-state index contributed by atoms with van der Waals surface area (Å²) < 4.78 is 27.8. The fraction of sp³-hybridized carbons (Fsp3) is 0.600. The number of hydrogen-bond donors (Lipinski definition) is 2. The van der Waals surface area contributed by atoms with Crippen LogP contribution in [0.15, 0.2) is 23.1 Å². The van der Waals surface area contributed by atoms with Crippen LogP contribution in [0.5, 0.6) is 0 Å². The van der Waals surface area contributed by atoms with Gasteiger partial charge in [0.15, 0.2) is 0 Å². The van der Waals surface area contributed by atoms with Crippen LogP contribution in [0.1, 0.15) is 38.3 Å². The van der Waals surface area contributed by atoms with E-state index in [1.54, 1.807) is 6.07 Å². The highest BCUT2D eigenvalue weighted by Gasteiger charge is 2.48. The summed E-state index contributed by atoms with van der Waals surface area (Å²) in [5, 5.41) is 3.24. The average molecular weight is 296 g/mol. The summed E-state index contributed by atoms with van der Waals surface area (Å²) in [4.78, 5) is 0.399. The van der Waals surface area contributed by atoms with Gasteiger partial charge in [-0.3, -0.25) is 0 Å². The Bertz CT molecular complexity index is 594. The van der Waals surface area contributed by atoms with Crippen molar-refractivity contribution in [3.8, 4) is 0 Å². The van der Waals surface area contributed by atoms with E-state index < -0.39 is 10.0 Å². The molecule has 0 amide bonds. The lowest BCUT2D eigenvalue weighted by molar-refractivity contribution is 0.554. The third-order valence-electron chi connectivity index (χ3n) is 4.06. The van der Waals surface area contributed by atoms with E-state index in [1.165, 1.54) is 0 Å². The van der Waals surface area contributed by atoms with Crippen molar-refractivity contribution in [3.63, 3.8) is 0 Å². The molecule has 0 aliphatic heterocycles. The minimum absolute atomic E-state index is 0.0596. The van der Waals surface area contributed by atoms with E-state index >= 15 is 0 Å². The fourth-order valence-electron chi connectivity index (χ4n) is 2.32. The van der Waals surface area contributed by atoms with Crippen molar-refractivity contribution in [2.75, 3.05) is 6.54 Å². The maximum Gasteiger partial charge on any atom is 0.241 e. The second-order valence-corrected chi connectivity index (χ2v) is 7.87. The Morgan fingerprint density at radius 2 is 2.00 bits per heavy atom. The topological polar surface area (TPSA) is 58.2 Å². The number of sulfonamides is 1. The van der Waals surface area contributed by atoms with E-state index in [0.717, 1.165) is 24.1 Å². The largest absolute Gasteiger partial charge is 0.313 e. The molecule has 112 valence electrons. The lowest BCUT2D eigenvalue weighted by Crippen LogP contribution is -2.29. The van der Waals surface area contributed by atoms with Crippen LogP contribution in [0.3, 0.4) is 0 Å². The van der Waals surface area contributed by atoms with Crippen molar-refractivity contribution in [2.45, 2.75) is 51.6 Å². The van der Waals surface area contributed by atoms with Crippen LogP contribution < -0.4 is 10.0 Å². The first kappa shape index (κ1) is 15.5. The maximum atomic E-state index is 12.5. The van der Waals surface area contributed by atoms with Gasteiger partial charge in [-0.2, -0.15) is 0 Å². The maximum absolute atomic E-state index is 12.5. The summed E-state index contributed by atoms with van der Waals surface area (Å²) in [5.41, 5.74) is 1.95. The van der Waals surface area contributed by atoms with Crippen molar-refractivity contribution >= 4 is 10.0 Å². The lowest BCUT2D eigenvalue weighted by atomic mass is 10.1. The van der Waals surface area contributed by atoms with Gasteiger partial charge in [-0.25, -0.2) is 13.1 Å². The minimum Gasteiger partial charge on any atom is -0.313 e. The van der Waals surface area contributed by atoms with Gasteiger partial charge in [0.05, 0.1) is 4.90 Å². The predicted molar refractivity (Wildman–Crippen MR) is 81.1 cm³/mol. The molecule has 20 heavy (non-hydrogen) atoms. The van der Waals surface area contributed by atoms with Gasteiger partial charge in [0, 0.05) is 12.6 Å². The smallest absolute Gasteiger partial charge is 0.241 e. The van der Waals surface area contributed by atoms with Gasteiger partial charge in [-0.05, 0) is 42.5 Å². The van der Waals surface area contributed by atoms with Crippen molar-refractivity contribution in [3.05, 3.63) is 29.3 Å². The Morgan fingerprint density at radius 3 is 2.55 bits per heavy atom. The summed E-state index contributed by atoms with van der Waals surface area (Å²) in [7, 11) is -3.42. The van der Waals surface area contributed by atoms with Crippen LogP contribution in [0.4, 0.5) is 0 Å². The normalized spacial score (nSPS) is 20.9. The van der Waals surface area contributed by atoms with E-state index in [4.69, 9.17) is 0 Å². The van der Waals surface area contributed by atoms with Crippen molar-refractivity contribution in [2.24, 2.45) is 5.41 Å². The molecule has 1 saturated carbocycles. The first-order chi connectivity index (χ1) is 9.28. The Morgan fingerprint density at radius 1 is 1.35 bits per heavy atom. The fourth-order valence-corrected chi connectivity index (χ4v) is 4.02. The van der Waals surface area contributed by atoms with E-state index in [2.05, 4.69) is 23.9 Å². The molecule has 1 atom stereocenters. The standard InChI is InChI=1S/C15H24N2O2S/c1-5-16-10-12-7-6-8-13(11(12)2)20(18,19)17-14-9-15(14,3)4/h6-8,14,16-17H,5,9-10H2,1-4H3. The third kappa shape index (κ3) is 3.22. The molecular weight excluding hydrogens is 272 g/mol. The highest BCUT2D eigenvalue weighted by atomic mass is 32.2. The Balaban J connectivity index is 2.23. The lowest BCUT2D eigenvalue weighted by Gasteiger charge is -2.13. The van der Waals surface area contributed by atoms with Gasteiger partial charge >= 0.3 is 0 Å². The number of hydrogen-bond acceptors (Lipinski definition) is 3. The van der Waals surface area contributed by atoms with Gasteiger partial charge in [-0.15, -0.1) is 0 Å². The molecule has 1 aromatic rings. The van der Waals surface area contributed by atoms with E-state index in [9.17, 15) is 8.42 Å². The predicted octanol–water partition coefficient (Wildman–Crippen LogP) is 2.18. The molecule has 0 heterocycles. The van der Waals surface area contributed by atoms with Crippen LogP contribution in [-0.2, 0) is 16.6 Å². The molecule has 1 aliphatic rings. The zero-order chi connectivity index (χ0) is 15.0. The summed E-state index contributed by atoms with van der Waals surface area (Å²) >= 11 is 0. The van der Waals surface area contributed by atoms with Crippen LogP contribution in [0.25, 0.3) is 0 Å². The molecule has 1 unspecified atom stereocenters. The van der Waals surface area contributed by atoms with Gasteiger partial charge in [-0.1, -0.05) is 32.9 Å². The highest BCUT2D eigenvalue weighted by molar-refractivity contribution is 7.89. The Labute approximate surface area is 122 Å². The van der Waals surface area contributed by atoms with Gasteiger partial charge in [0.2, 0.25) is 10.0 Å². The summed E-state index contributed by atoms with van der Waals surface area (Å²) in [6.07, 6.45) is 0.905. The van der Waals surface area contributed by atoms with E-state index in [-0.39, 0.29) is 11.5 Å². The van der Waals surface area contributed by atoms with Crippen LogP contribution in [0.2, 0.25) is 0 Å². The molecule has 4 nitrogen and oxygen atoms in total. The Hall–Kier alpha value is -0.910. The van der Waals surface area contributed by atoms with E-state index in [0.29, 0.717) is 11.4 Å². The molecule has 0 bridgehead atoms. The number of nitrogens with one attached hydrogen (secondary N) is 2. The first-order valence-electron chi connectivity index (χ1n) is 7.09. The molecule has 5 heteroatoms. The molecular formula is C15H24N2O2S. The SMILES string of the molecule is CCNCc1cccc(S(=O)(=O)NC2CC2(C)C)c1C. The molecule has 1 aromatic carbocycles. The van der Waals surface area contributed by atoms with E-state index in [1.807, 2.05) is 26.0 Å². The molecule has 1 fully saturated rings. The van der Waals surface area contributed by atoms with Gasteiger partial charge in [0.25, 0.3) is 0 Å². The highest BCUT2D eigenvalue weighted by Crippen LogP contribution is 2.45. The monoisotopic (exact) mass is 296 g/mol.